The van der Waals surface area contributed by atoms with Gasteiger partial charge in [-0.2, -0.15) is 17.1 Å². The van der Waals surface area contributed by atoms with E-state index in [2.05, 4.69) is 70.2 Å². The molecule has 0 aliphatic carbocycles. The molecule has 0 bridgehead atoms. The molecule has 10 aromatic rings. The molecule has 7 nitrogen and oxygen atoms in total. The molecule has 10 rings (SSSR count). The molecule has 0 spiro atoms. The number of para-hydroxylation sites is 4. The van der Waals surface area contributed by atoms with Crippen LogP contribution in [0.4, 0.5) is 0 Å². The van der Waals surface area contributed by atoms with E-state index in [1.807, 2.05) is 83.6 Å². The molecule has 5 aromatic carbocycles. The van der Waals surface area contributed by atoms with Gasteiger partial charge in [0, 0.05) is 46.7 Å². The van der Waals surface area contributed by atoms with Crippen molar-refractivity contribution in [1.82, 2.24) is 24.1 Å². The zero-order valence-corrected chi connectivity index (χ0v) is 27.9. The number of nitrogens with zero attached hydrogens (tertiary/aromatic N) is 5. The maximum absolute atomic E-state index is 6.49. The number of hydrogen-bond donors (Lipinski definition) is 0. The van der Waals surface area contributed by atoms with Gasteiger partial charge in [0.1, 0.15) is 11.3 Å². The van der Waals surface area contributed by atoms with E-state index < -0.39 is 0 Å². The third kappa shape index (κ3) is 4.73. The quantitative estimate of drug-likeness (QED) is 0.162. The van der Waals surface area contributed by atoms with E-state index in [-0.39, 0.29) is 21.1 Å². The third-order valence-electron chi connectivity index (χ3n) is 8.80. The van der Waals surface area contributed by atoms with Crippen LogP contribution in [-0.4, -0.2) is 24.1 Å². The maximum Gasteiger partial charge on any atom is 2.00 e. The molecule has 0 aliphatic heterocycles. The second kappa shape index (κ2) is 11.6. The number of oxazole rings is 1. The van der Waals surface area contributed by atoms with Crippen LogP contribution < -0.4 is 4.74 Å². The molecule has 8 heteroatoms. The Balaban J connectivity index is 0.00000325. The normalized spacial score (nSPS) is 11.5. The molecule has 0 unspecified atom stereocenters. The smallest absolute Gasteiger partial charge is 0.509 e. The Bertz CT molecular complexity index is 2790. The van der Waals surface area contributed by atoms with Crippen LogP contribution in [0.25, 0.3) is 77.7 Å². The van der Waals surface area contributed by atoms with Crippen molar-refractivity contribution in [3.63, 3.8) is 0 Å². The molecule has 234 valence electrons. The van der Waals surface area contributed by atoms with Crippen LogP contribution in [0, 0.1) is 12.1 Å². The monoisotopic (exact) mass is 812 g/mol. The largest absolute Gasteiger partial charge is 2.00 e. The summed E-state index contributed by atoms with van der Waals surface area (Å²) in [4.78, 5) is 13.8. The van der Waals surface area contributed by atoms with Crippen LogP contribution in [0.15, 0.2) is 144 Å². The van der Waals surface area contributed by atoms with Crippen molar-refractivity contribution in [1.29, 1.82) is 0 Å². The molecular formula is C41H23N5O2Pt. The Morgan fingerprint density at radius 1 is 0.571 bits per heavy atom. The summed E-state index contributed by atoms with van der Waals surface area (Å²) in [6, 6.07) is 48.0. The minimum absolute atomic E-state index is 0. The average Bonchev–Trinajstić information content (AvgIpc) is 3.81. The second-order valence-electron chi connectivity index (χ2n) is 11.6. The zero-order valence-electron chi connectivity index (χ0n) is 25.6. The van der Waals surface area contributed by atoms with Gasteiger partial charge in [-0.15, -0.1) is 35.0 Å². The Kier molecular flexibility index (Phi) is 6.88. The number of rotatable bonds is 5. The summed E-state index contributed by atoms with van der Waals surface area (Å²) in [5.41, 5.74) is 7.32. The topological polar surface area (TPSA) is 70.9 Å². The second-order valence-corrected chi connectivity index (χ2v) is 11.6. The number of aromatic nitrogens is 5. The van der Waals surface area contributed by atoms with E-state index >= 15 is 0 Å². The summed E-state index contributed by atoms with van der Waals surface area (Å²) < 4.78 is 16.8. The third-order valence-corrected chi connectivity index (χ3v) is 8.80. The number of ether oxygens (including phenoxy) is 1. The van der Waals surface area contributed by atoms with Crippen molar-refractivity contribution in [3.8, 4) is 34.5 Å². The number of benzene rings is 5. The molecule has 0 aliphatic rings. The van der Waals surface area contributed by atoms with Crippen LogP contribution in [0.1, 0.15) is 0 Å². The summed E-state index contributed by atoms with van der Waals surface area (Å²) >= 11 is 0. The van der Waals surface area contributed by atoms with Gasteiger partial charge in [0.2, 0.25) is 0 Å². The molecule has 0 saturated heterocycles. The van der Waals surface area contributed by atoms with Crippen LogP contribution in [0.3, 0.4) is 0 Å². The summed E-state index contributed by atoms with van der Waals surface area (Å²) in [7, 11) is 0. The van der Waals surface area contributed by atoms with Crippen molar-refractivity contribution < 1.29 is 30.2 Å². The van der Waals surface area contributed by atoms with E-state index in [1.165, 1.54) is 0 Å². The van der Waals surface area contributed by atoms with Crippen molar-refractivity contribution >= 4 is 54.7 Å². The standard InChI is InChI=1S/C41H23N5O2.Pt/c1-4-10-35-30(7-1)32-16-14-28(23-37(32)45(35)40-18-13-27(25-43-40)26-19-21-42-22-20-26)47-29-15-17-33-31-8-2-5-11-36(31)46(38(33)24-29)41-44-34-9-3-6-12-39(34)48-41;/h1-22,25H;/q-2;+2. The van der Waals surface area contributed by atoms with Crippen molar-refractivity contribution in [2.24, 2.45) is 0 Å². The minimum Gasteiger partial charge on any atom is -0.509 e. The van der Waals surface area contributed by atoms with Crippen LogP contribution >= 0.6 is 0 Å². The van der Waals surface area contributed by atoms with E-state index in [0.717, 1.165) is 71.7 Å². The van der Waals surface area contributed by atoms with Crippen LogP contribution in [-0.2, 0) is 21.1 Å². The molecule has 0 radical (unpaired) electrons. The first-order chi connectivity index (χ1) is 23.8. The van der Waals surface area contributed by atoms with E-state index in [9.17, 15) is 0 Å². The summed E-state index contributed by atoms with van der Waals surface area (Å²) in [6.07, 6.45) is 5.47. The number of hydrogen-bond acceptors (Lipinski definition) is 5. The van der Waals surface area contributed by atoms with Gasteiger partial charge >= 0.3 is 27.1 Å². The molecule has 5 aromatic heterocycles. The number of fused-ring (bicyclic) bond motifs is 7. The predicted octanol–water partition coefficient (Wildman–Crippen LogP) is 9.87. The van der Waals surface area contributed by atoms with Gasteiger partial charge in [0.05, 0.1) is 0 Å². The Hall–Kier alpha value is -6.04. The summed E-state index contributed by atoms with van der Waals surface area (Å²) in [5, 5.41) is 4.29. The first-order valence-corrected chi connectivity index (χ1v) is 15.6. The van der Waals surface area contributed by atoms with Crippen LogP contribution in [0.5, 0.6) is 11.5 Å². The maximum atomic E-state index is 6.49. The molecule has 0 amide bonds. The Morgan fingerprint density at radius 2 is 1.20 bits per heavy atom. The van der Waals surface area contributed by atoms with Crippen molar-refractivity contribution in [2.45, 2.75) is 0 Å². The fourth-order valence-electron chi connectivity index (χ4n) is 6.61. The van der Waals surface area contributed by atoms with Gasteiger partial charge in [0.25, 0.3) is 0 Å². The van der Waals surface area contributed by atoms with Gasteiger partial charge in [-0.05, 0) is 64.9 Å². The average molecular weight is 813 g/mol. The fourth-order valence-corrected chi connectivity index (χ4v) is 6.61. The summed E-state index contributed by atoms with van der Waals surface area (Å²) in [5.74, 6) is 1.92. The molecule has 5 heterocycles. The molecular weight excluding hydrogens is 790 g/mol. The van der Waals surface area contributed by atoms with Crippen LogP contribution in [0.2, 0.25) is 0 Å². The Morgan fingerprint density at radius 3 is 1.88 bits per heavy atom. The van der Waals surface area contributed by atoms with E-state index in [4.69, 9.17) is 19.1 Å². The SMILES string of the molecule is [Pt+2].[c-]1c(Oc2[c-]c3c(cc2)c2ccccc2n3-c2nc3ccccc3o2)ccc2c3ccccc3n(-c3ccc(-c4ccncc4)cn3)c12. The predicted molar refractivity (Wildman–Crippen MR) is 188 cm³/mol. The Labute approximate surface area is 294 Å². The fraction of sp³-hybridized carbons (Fsp3) is 0. The molecule has 0 atom stereocenters. The molecule has 49 heavy (non-hydrogen) atoms. The molecule has 0 N–H and O–H groups in total. The first kappa shape index (κ1) is 29.1. The van der Waals surface area contributed by atoms with Gasteiger partial charge in [-0.3, -0.25) is 9.55 Å². The van der Waals surface area contributed by atoms with Crippen molar-refractivity contribution in [2.75, 3.05) is 0 Å². The van der Waals surface area contributed by atoms with Gasteiger partial charge in [-0.1, -0.05) is 59.6 Å². The molecule has 0 fully saturated rings. The zero-order chi connectivity index (χ0) is 31.6. The van der Waals surface area contributed by atoms with Crippen molar-refractivity contribution in [3.05, 3.63) is 152 Å². The van der Waals surface area contributed by atoms with Gasteiger partial charge < -0.3 is 13.7 Å². The van der Waals surface area contributed by atoms with E-state index in [1.54, 1.807) is 12.4 Å². The summed E-state index contributed by atoms with van der Waals surface area (Å²) in [6.45, 7) is 0. The first-order valence-electron chi connectivity index (χ1n) is 15.6. The van der Waals surface area contributed by atoms with E-state index in [0.29, 0.717) is 17.5 Å². The number of pyridine rings is 2. The van der Waals surface area contributed by atoms with Gasteiger partial charge in [0.15, 0.2) is 5.58 Å². The molecule has 0 saturated carbocycles. The van der Waals surface area contributed by atoms with Gasteiger partial charge in [-0.25, -0.2) is 4.98 Å². The minimum atomic E-state index is 0.